The molecule has 0 bridgehead atoms. The third-order valence-electron chi connectivity index (χ3n) is 1.92. The fourth-order valence-corrected chi connectivity index (χ4v) is 2.58. The first-order valence-electron chi connectivity index (χ1n) is 4.19. The molecule has 0 atom stereocenters. The van der Waals surface area contributed by atoms with E-state index < -0.39 is 12.4 Å². The molecule has 0 fully saturated rings. The average molecular weight is 406 g/mol. The molecule has 0 aliphatic heterocycles. The minimum Gasteiger partial charge on any atom is -0.481 e. The van der Waals surface area contributed by atoms with Crippen LogP contribution in [0.2, 0.25) is 0 Å². The Morgan fingerprint density at radius 3 is 2.69 bits per heavy atom. The van der Waals surface area contributed by atoms with Gasteiger partial charge in [-0.25, -0.2) is 8.78 Å². The van der Waals surface area contributed by atoms with Crippen molar-refractivity contribution in [1.82, 2.24) is 4.98 Å². The highest BCUT2D eigenvalue weighted by Gasteiger charge is 2.20. The number of carboxylic acids is 1. The molecule has 16 heavy (non-hydrogen) atoms. The monoisotopic (exact) mass is 405 g/mol. The number of aliphatic carboxylic acids is 1. The van der Waals surface area contributed by atoms with Crippen LogP contribution in [0.1, 0.15) is 23.2 Å². The Morgan fingerprint density at radius 2 is 2.25 bits per heavy atom. The molecule has 0 saturated carbocycles. The average Bonchev–Trinajstić information content (AvgIpc) is 2.19. The van der Waals surface area contributed by atoms with Gasteiger partial charge >= 0.3 is 5.97 Å². The summed E-state index contributed by atoms with van der Waals surface area (Å²) in [4.78, 5) is 14.3. The summed E-state index contributed by atoms with van der Waals surface area (Å²) >= 11 is 4.88. The zero-order valence-corrected chi connectivity index (χ0v) is 11.6. The fraction of sp³-hybridized carbons (Fsp3) is 0.333. The maximum absolute atomic E-state index is 12.6. The van der Waals surface area contributed by atoms with Gasteiger partial charge in [0.2, 0.25) is 0 Å². The molecule has 1 rings (SSSR count). The van der Waals surface area contributed by atoms with Gasteiger partial charge in [0, 0.05) is 15.1 Å². The maximum atomic E-state index is 12.6. The minimum absolute atomic E-state index is 0.229. The van der Waals surface area contributed by atoms with Crippen molar-refractivity contribution in [3.05, 3.63) is 26.6 Å². The molecule has 0 aliphatic carbocycles. The van der Waals surface area contributed by atoms with E-state index in [0.29, 0.717) is 16.5 Å². The third kappa shape index (κ3) is 3.09. The zero-order chi connectivity index (χ0) is 12.3. The molecule has 1 heterocycles. The van der Waals surface area contributed by atoms with Crippen LogP contribution in [0.5, 0.6) is 0 Å². The predicted molar refractivity (Wildman–Crippen MR) is 65.9 cm³/mol. The van der Waals surface area contributed by atoms with Crippen LogP contribution in [0.3, 0.4) is 0 Å². The van der Waals surface area contributed by atoms with Crippen molar-refractivity contribution in [1.29, 1.82) is 0 Å². The molecule has 3 nitrogen and oxygen atoms in total. The molecule has 0 amide bonds. The molecule has 88 valence electrons. The van der Waals surface area contributed by atoms with Crippen LogP contribution in [0.15, 0.2) is 6.20 Å². The molecule has 0 unspecified atom stereocenters. The van der Waals surface area contributed by atoms with Crippen molar-refractivity contribution in [2.75, 3.05) is 0 Å². The Kier molecular flexibility index (Phi) is 5.03. The first-order valence-corrected chi connectivity index (χ1v) is 6.39. The second-order valence-corrected chi connectivity index (χ2v) is 4.61. The lowest BCUT2D eigenvalue weighted by Gasteiger charge is -2.11. The molecule has 1 aromatic heterocycles. The molecule has 0 aliphatic rings. The van der Waals surface area contributed by atoms with Gasteiger partial charge in [-0.15, -0.1) is 0 Å². The second-order valence-electron chi connectivity index (χ2n) is 2.97. The van der Waals surface area contributed by atoms with Crippen LogP contribution in [0.4, 0.5) is 8.78 Å². The van der Waals surface area contributed by atoms with Gasteiger partial charge in [-0.2, -0.15) is 0 Å². The number of carbonyl (C=O) groups is 1. The summed E-state index contributed by atoms with van der Waals surface area (Å²) in [6.07, 6.45) is -1.68. The van der Waals surface area contributed by atoms with Crippen molar-refractivity contribution in [3.63, 3.8) is 0 Å². The maximum Gasteiger partial charge on any atom is 0.307 e. The summed E-state index contributed by atoms with van der Waals surface area (Å²) in [5, 5.41) is 9.11. The van der Waals surface area contributed by atoms with Crippen molar-refractivity contribution in [3.8, 4) is 0 Å². The predicted octanol–water partition coefficient (Wildman–Crippen LogP) is 3.15. The quantitative estimate of drug-likeness (QED) is 0.618. The molecule has 0 saturated heterocycles. The molecule has 0 spiro atoms. The van der Waals surface area contributed by atoms with Crippen molar-refractivity contribution >= 4 is 44.5 Å². The van der Waals surface area contributed by atoms with E-state index in [1.165, 1.54) is 6.20 Å². The smallest absolute Gasteiger partial charge is 0.307 e. The number of hydrogen-bond acceptors (Lipinski definition) is 2. The standard InChI is InChI=1S/C9H7BrF2INO2/c10-2-4-3-14-8(9(11)12)7(13)5(4)1-6(15)16/h3,9H,1-2H2,(H,15,16). The van der Waals surface area contributed by atoms with E-state index in [1.54, 1.807) is 22.6 Å². The first kappa shape index (κ1) is 13.8. The Bertz CT molecular complexity index is 415. The molecule has 7 heteroatoms. The summed E-state index contributed by atoms with van der Waals surface area (Å²) in [6, 6.07) is 0. The largest absolute Gasteiger partial charge is 0.481 e. The highest BCUT2D eigenvalue weighted by atomic mass is 127. The number of hydrogen-bond donors (Lipinski definition) is 1. The number of aromatic nitrogens is 1. The lowest BCUT2D eigenvalue weighted by Crippen LogP contribution is -2.09. The van der Waals surface area contributed by atoms with E-state index >= 15 is 0 Å². The van der Waals surface area contributed by atoms with Crippen LogP contribution >= 0.6 is 38.5 Å². The van der Waals surface area contributed by atoms with Crippen LogP contribution in [-0.2, 0) is 16.5 Å². The van der Waals surface area contributed by atoms with Gasteiger partial charge < -0.3 is 5.11 Å². The lowest BCUT2D eigenvalue weighted by atomic mass is 10.1. The number of rotatable bonds is 4. The Labute approximate surface area is 113 Å². The van der Waals surface area contributed by atoms with Crippen LogP contribution in [0, 0.1) is 3.57 Å². The Balaban J connectivity index is 3.28. The number of alkyl halides is 3. The molecule has 1 aromatic rings. The highest BCUT2D eigenvalue weighted by molar-refractivity contribution is 14.1. The van der Waals surface area contributed by atoms with E-state index in [4.69, 9.17) is 5.11 Å². The van der Waals surface area contributed by atoms with Crippen LogP contribution in [0.25, 0.3) is 0 Å². The van der Waals surface area contributed by atoms with Crippen molar-refractivity contribution in [2.24, 2.45) is 0 Å². The first-order chi connectivity index (χ1) is 7.47. The normalized spacial score (nSPS) is 10.8. The van der Waals surface area contributed by atoms with E-state index in [9.17, 15) is 13.6 Å². The Morgan fingerprint density at radius 1 is 1.62 bits per heavy atom. The number of nitrogens with zero attached hydrogens (tertiary/aromatic N) is 1. The third-order valence-corrected chi connectivity index (χ3v) is 3.72. The van der Waals surface area contributed by atoms with E-state index in [0.717, 1.165) is 0 Å². The lowest BCUT2D eigenvalue weighted by molar-refractivity contribution is -0.136. The van der Waals surface area contributed by atoms with Gasteiger partial charge in [0.15, 0.2) is 0 Å². The Hall–Kier alpha value is -0.310. The highest BCUT2D eigenvalue weighted by Crippen LogP contribution is 2.28. The van der Waals surface area contributed by atoms with Crippen LogP contribution in [-0.4, -0.2) is 16.1 Å². The summed E-state index contributed by atoms with van der Waals surface area (Å²) < 4.78 is 25.3. The van der Waals surface area contributed by atoms with E-state index in [-0.39, 0.29) is 15.7 Å². The topological polar surface area (TPSA) is 50.2 Å². The van der Waals surface area contributed by atoms with E-state index in [2.05, 4.69) is 20.9 Å². The summed E-state index contributed by atoms with van der Waals surface area (Å²) in [5.74, 6) is -1.05. The molecular formula is C9H7BrF2INO2. The van der Waals surface area contributed by atoms with Gasteiger partial charge in [0.1, 0.15) is 5.69 Å². The summed E-state index contributed by atoms with van der Waals surface area (Å²) in [7, 11) is 0. The van der Waals surface area contributed by atoms with Crippen molar-refractivity contribution < 1.29 is 18.7 Å². The second kappa shape index (κ2) is 5.85. The molecule has 0 aromatic carbocycles. The molecular weight excluding hydrogens is 399 g/mol. The van der Waals surface area contributed by atoms with E-state index in [1.807, 2.05) is 0 Å². The number of carboxylic acid groups (broad SMARTS) is 1. The van der Waals surface area contributed by atoms with Gasteiger partial charge in [-0.1, -0.05) is 15.9 Å². The minimum atomic E-state index is -2.69. The number of halogens is 4. The fourth-order valence-electron chi connectivity index (χ4n) is 1.19. The van der Waals surface area contributed by atoms with Gasteiger partial charge in [-0.3, -0.25) is 9.78 Å². The molecule has 0 radical (unpaired) electrons. The zero-order valence-electron chi connectivity index (χ0n) is 7.88. The van der Waals surface area contributed by atoms with Gasteiger partial charge in [0.05, 0.1) is 6.42 Å². The molecule has 1 N–H and O–H groups in total. The van der Waals surface area contributed by atoms with Crippen molar-refractivity contribution in [2.45, 2.75) is 18.2 Å². The SMILES string of the molecule is O=C(O)Cc1c(CBr)cnc(C(F)F)c1I. The number of pyridine rings is 1. The van der Waals surface area contributed by atoms with Gasteiger partial charge in [-0.05, 0) is 33.7 Å². The summed E-state index contributed by atoms with van der Waals surface area (Å²) in [5.41, 5.74) is 0.660. The van der Waals surface area contributed by atoms with Crippen LogP contribution < -0.4 is 0 Å². The summed E-state index contributed by atoms with van der Waals surface area (Å²) in [6.45, 7) is 0. The van der Waals surface area contributed by atoms with Gasteiger partial charge in [0.25, 0.3) is 6.43 Å².